The first-order valence-corrected chi connectivity index (χ1v) is 8.01. The zero-order valence-electron chi connectivity index (χ0n) is 15.1. The number of hydrogen-bond acceptors (Lipinski definition) is 5. The summed E-state index contributed by atoms with van der Waals surface area (Å²) in [6.45, 7) is 4.13. The summed E-state index contributed by atoms with van der Waals surface area (Å²) in [6.07, 6.45) is 1.40. The van der Waals surface area contributed by atoms with E-state index in [-0.39, 0.29) is 17.0 Å². The van der Waals surface area contributed by atoms with Crippen molar-refractivity contribution in [2.75, 3.05) is 5.73 Å². The Balaban J connectivity index is 2.56. The zero-order valence-corrected chi connectivity index (χ0v) is 15.1. The number of nitrogens with zero attached hydrogens (tertiary/aromatic N) is 3. The molecule has 0 saturated carbocycles. The number of benzene rings is 1. The molecular formula is C19H20N4O3. The molecule has 0 radical (unpaired) electrons. The van der Waals surface area contributed by atoms with Crippen molar-refractivity contribution in [3.63, 3.8) is 0 Å². The fraction of sp³-hybridized carbons (Fsp3) is 0.263. The Kier molecular flexibility index (Phi) is 5.27. The van der Waals surface area contributed by atoms with Gasteiger partial charge in [-0.15, -0.1) is 0 Å². The third-order valence-electron chi connectivity index (χ3n) is 4.22. The summed E-state index contributed by atoms with van der Waals surface area (Å²) >= 11 is 0. The molecule has 0 fully saturated rings. The van der Waals surface area contributed by atoms with Crippen LogP contribution in [0.2, 0.25) is 0 Å². The van der Waals surface area contributed by atoms with Gasteiger partial charge in [0.05, 0.1) is 0 Å². The van der Waals surface area contributed by atoms with Gasteiger partial charge in [-0.2, -0.15) is 5.26 Å². The van der Waals surface area contributed by atoms with Crippen molar-refractivity contribution in [2.45, 2.75) is 19.8 Å². The predicted octanol–water partition coefficient (Wildman–Crippen LogP) is 1.58. The van der Waals surface area contributed by atoms with E-state index in [2.05, 4.69) is 13.8 Å². The van der Waals surface area contributed by atoms with Crippen LogP contribution in [0.1, 0.15) is 41.3 Å². The van der Waals surface area contributed by atoms with E-state index in [0.29, 0.717) is 11.5 Å². The summed E-state index contributed by atoms with van der Waals surface area (Å²) in [4.78, 5) is 36.9. The number of rotatable bonds is 4. The molecule has 0 aliphatic carbocycles. The van der Waals surface area contributed by atoms with E-state index in [9.17, 15) is 19.6 Å². The van der Waals surface area contributed by atoms with Crippen LogP contribution in [0.15, 0.2) is 39.4 Å². The lowest BCUT2D eigenvalue weighted by Crippen LogP contribution is -2.41. The largest absolute Gasteiger partial charge is 0.384 e. The highest BCUT2D eigenvalue weighted by Gasteiger charge is 2.23. The van der Waals surface area contributed by atoms with Gasteiger partial charge in [-0.3, -0.25) is 18.7 Å². The Morgan fingerprint density at radius 1 is 1.15 bits per heavy atom. The normalized spacial score (nSPS) is 11.5. The van der Waals surface area contributed by atoms with Crippen LogP contribution in [0.3, 0.4) is 0 Å². The average Bonchev–Trinajstić information content (AvgIpc) is 2.63. The molecule has 0 unspecified atom stereocenters. The maximum Gasteiger partial charge on any atom is 0.332 e. The Morgan fingerprint density at radius 2 is 1.73 bits per heavy atom. The van der Waals surface area contributed by atoms with Crippen molar-refractivity contribution in [1.82, 2.24) is 9.13 Å². The maximum atomic E-state index is 12.7. The first kappa shape index (κ1) is 18.9. The second-order valence-electron chi connectivity index (χ2n) is 6.29. The molecule has 1 heterocycles. The van der Waals surface area contributed by atoms with Gasteiger partial charge in [-0.25, -0.2) is 4.79 Å². The number of anilines is 1. The molecule has 26 heavy (non-hydrogen) atoms. The third-order valence-corrected chi connectivity index (χ3v) is 4.22. The van der Waals surface area contributed by atoms with Gasteiger partial charge in [-0.05, 0) is 23.1 Å². The molecule has 2 N–H and O–H groups in total. The van der Waals surface area contributed by atoms with Crippen molar-refractivity contribution >= 4 is 17.7 Å². The van der Waals surface area contributed by atoms with Crippen molar-refractivity contribution in [3.05, 3.63) is 67.4 Å². The Bertz CT molecular complexity index is 1050. The van der Waals surface area contributed by atoms with E-state index in [1.54, 1.807) is 12.1 Å². The van der Waals surface area contributed by atoms with E-state index >= 15 is 0 Å². The Morgan fingerprint density at radius 3 is 2.23 bits per heavy atom. The van der Waals surface area contributed by atoms with Crippen LogP contribution in [0.5, 0.6) is 0 Å². The fourth-order valence-corrected chi connectivity index (χ4v) is 2.50. The molecular weight excluding hydrogens is 332 g/mol. The molecule has 0 atom stereocenters. The molecule has 2 rings (SSSR count). The standard InChI is InChI=1S/C19H20N4O3/c1-11(2)13-7-5-12(6-8-13)9-14(10-20)16(24)15-17(21)22(3)19(26)23(4)18(15)25/h5-9,11H,21H2,1-4H3/b14-9+. The van der Waals surface area contributed by atoms with Crippen LogP contribution in [0, 0.1) is 11.3 Å². The number of aromatic nitrogens is 2. The SMILES string of the molecule is CC(C)c1ccc(/C=C(\C#N)C(=O)c2c(N)n(C)c(=O)n(C)c2=O)cc1. The van der Waals surface area contributed by atoms with Crippen molar-refractivity contribution in [2.24, 2.45) is 14.1 Å². The minimum atomic E-state index is -0.827. The summed E-state index contributed by atoms with van der Waals surface area (Å²) in [5.74, 6) is -0.716. The Hall–Kier alpha value is -3.40. The van der Waals surface area contributed by atoms with Gasteiger partial charge in [-0.1, -0.05) is 38.1 Å². The minimum Gasteiger partial charge on any atom is -0.384 e. The average molecular weight is 352 g/mol. The molecule has 0 amide bonds. The molecule has 0 bridgehead atoms. The van der Waals surface area contributed by atoms with Crippen LogP contribution < -0.4 is 17.0 Å². The van der Waals surface area contributed by atoms with Gasteiger partial charge in [0, 0.05) is 14.1 Å². The lowest BCUT2D eigenvalue weighted by molar-refractivity contribution is 0.103. The molecule has 2 aromatic rings. The van der Waals surface area contributed by atoms with E-state index in [1.807, 2.05) is 18.2 Å². The molecule has 1 aromatic heterocycles. The molecule has 0 saturated heterocycles. The van der Waals surface area contributed by atoms with Crippen molar-refractivity contribution < 1.29 is 4.79 Å². The number of nitrogens with two attached hydrogens (primary N) is 1. The highest BCUT2D eigenvalue weighted by atomic mass is 16.2. The maximum absolute atomic E-state index is 12.7. The first-order chi connectivity index (χ1) is 12.2. The quantitative estimate of drug-likeness (QED) is 0.510. The van der Waals surface area contributed by atoms with Crippen LogP contribution in [-0.2, 0) is 14.1 Å². The van der Waals surface area contributed by atoms with Gasteiger partial charge < -0.3 is 5.73 Å². The molecule has 7 nitrogen and oxygen atoms in total. The molecule has 0 aliphatic heterocycles. The smallest absolute Gasteiger partial charge is 0.332 e. The van der Waals surface area contributed by atoms with E-state index in [4.69, 9.17) is 5.73 Å². The molecule has 1 aromatic carbocycles. The summed E-state index contributed by atoms with van der Waals surface area (Å²) in [5, 5.41) is 9.38. The number of carbonyl (C=O) groups excluding carboxylic acids is 1. The molecule has 0 spiro atoms. The van der Waals surface area contributed by atoms with Crippen LogP contribution in [-0.4, -0.2) is 14.9 Å². The fourth-order valence-electron chi connectivity index (χ4n) is 2.50. The number of allylic oxidation sites excluding steroid dienone is 1. The van der Waals surface area contributed by atoms with Crippen LogP contribution in [0.25, 0.3) is 6.08 Å². The highest BCUT2D eigenvalue weighted by Crippen LogP contribution is 2.18. The summed E-state index contributed by atoms with van der Waals surface area (Å²) in [5.41, 5.74) is 5.48. The Labute approximate surface area is 150 Å². The summed E-state index contributed by atoms with van der Waals surface area (Å²) < 4.78 is 1.79. The topological polar surface area (TPSA) is 111 Å². The third kappa shape index (κ3) is 3.35. The predicted molar refractivity (Wildman–Crippen MR) is 99.8 cm³/mol. The number of carbonyl (C=O) groups is 1. The second kappa shape index (κ2) is 7.23. The van der Waals surface area contributed by atoms with Gasteiger partial charge >= 0.3 is 5.69 Å². The van der Waals surface area contributed by atoms with Crippen LogP contribution in [0.4, 0.5) is 5.82 Å². The minimum absolute atomic E-state index is 0.232. The highest BCUT2D eigenvalue weighted by molar-refractivity contribution is 6.16. The first-order valence-electron chi connectivity index (χ1n) is 8.01. The van der Waals surface area contributed by atoms with E-state index in [1.165, 1.54) is 20.2 Å². The summed E-state index contributed by atoms with van der Waals surface area (Å²) in [7, 11) is 2.61. The molecule has 0 aliphatic rings. The number of nitriles is 1. The van der Waals surface area contributed by atoms with Crippen molar-refractivity contribution in [1.29, 1.82) is 5.26 Å². The van der Waals surface area contributed by atoms with Gasteiger partial charge in [0.25, 0.3) is 5.56 Å². The van der Waals surface area contributed by atoms with Gasteiger partial charge in [0.2, 0.25) is 5.78 Å². The van der Waals surface area contributed by atoms with E-state index < -0.39 is 17.0 Å². The molecule has 7 heteroatoms. The lowest BCUT2D eigenvalue weighted by atomic mass is 9.99. The summed E-state index contributed by atoms with van der Waals surface area (Å²) in [6, 6.07) is 9.23. The zero-order chi connectivity index (χ0) is 19.6. The monoisotopic (exact) mass is 352 g/mol. The number of hydrogen-bond donors (Lipinski definition) is 1. The van der Waals surface area contributed by atoms with Crippen LogP contribution >= 0.6 is 0 Å². The van der Waals surface area contributed by atoms with Gasteiger partial charge in [0.1, 0.15) is 23.0 Å². The second-order valence-corrected chi connectivity index (χ2v) is 6.29. The van der Waals surface area contributed by atoms with Gasteiger partial charge in [0.15, 0.2) is 0 Å². The number of ketones is 1. The number of Topliss-reactive ketones (excluding diaryl/α,β-unsaturated/α-hetero) is 1. The lowest BCUT2D eigenvalue weighted by Gasteiger charge is -2.10. The molecule has 134 valence electrons. The van der Waals surface area contributed by atoms with E-state index in [0.717, 1.165) is 14.7 Å². The van der Waals surface area contributed by atoms with Crippen molar-refractivity contribution in [3.8, 4) is 6.07 Å². The number of nitrogen functional groups attached to an aromatic ring is 1.